The first kappa shape index (κ1) is 16.2. The molecule has 7 nitrogen and oxygen atoms in total. The number of methoxy groups -OCH3 is 1. The van der Waals surface area contributed by atoms with Crippen molar-refractivity contribution in [3.63, 3.8) is 0 Å². The molecular formula is C13H21N3O4. The average molecular weight is 283 g/mol. The molecule has 0 aliphatic carbocycles. The Labute approximate surface area is 117 Å². The molecule has 20 heavy (non-hydrogen) atoms. The first-order valence-electron chi connectivity index (χ1n) is 6.36. The monoisotopic (exact) mass is 283 g/mol. The summed E-state index contributed by atoms with van der Waals surface area (Å²) in [5.74, 6) is -0.333. The topological polar surface area (TPSA) is 82.3 Å². The summed E-state index contributed by atoms with van der Waals surface area (Å²) in [4.78, 5) is 35.0. The highest BCUT2D eigenvalue weighted by Crippen LogP contribution is 2.04. The van der Waals surface area contributed by atoms with Gasteiger partial charge in [0.25, 0.3) is 5.56 Å². The standard InChI is InChI=1S/C13H21N3O4/c1-8(2)11(12(18)20-5)14-7-9-6-10(17)16(4)13(19)15(9)3/h6,8,11,14H,7H2,1-5H3. The molecule has 1 aromatic rings. The zero-order valence-electron chi connectivity index (χ0n) is 12.5. The van der Waals surface area contributed by atoms with Crippen LogP contribution in [-0.4, -0.2) is 28.3 Å². The molecule has 7 heteroatoms. The van der Waals surface area contributed by atoms with Crippen molar-refractivity contribution in [3.05, 3.63) is 32.6 Å². The van der Waals surface area contributed by atoms with E-state index in [-0.39, 0.29) is 24.0 Å². The van der Waals surface area contributed by atoms with Crippen LogP contribution < -0.4 is 16.6 Å². The van der Waals surface area contributed by atoms with E-state index in [9.17, 15) is 14.4 Å². The van der Waals surface area contributed by atoms with Gasteiger partial charge in [-0.25, -0.2) is 4.79 Å². The van der Waals surface area contributed by atoms with Gasteiger partial charge in [0, 0.05) is 32.4 Å². The van der Waals surface area contributed by atoms with Gasteiger partial charge in [0.1, 0.15) is 6.04 Å². The predicted molar refractivity (Wildman–Crippen MR) is 74.4 cm³/mol. The van der Waals surface area contributed by atoms with E-state index in [0.717, 1.165) is 4.57 Å². The van der Waals surface area contributed by atoms with Gasteiger partial charge >= 0.3 is 11.7 Å². The zero-order valence-corrected chi connectivity index (χ0v) is 12.5. The molecular weight excluding hydrogens is 262 g/mol. The van der Waals surface area contributed by atoms with Crippen molar-refractivity contribution in [2.75, 3.05) is 7.11 Å². The molecule has 0 spiro atoms. The second-order valence-corrected chi connectivity index (χ2v) is 5.00. The van der Waals surface area contributed by atoms with E-state index < -0.39 is 11.7 Å². The number of aromatic nitrogens is 2. The van der Waals surface area contributed by atoms with Gasteiger partial charge < -0.3 is 4.74 Å². The molecule has 0 fully saturated rings. The normalized spacial score (nSPS) is 12.5. The number of hydrogen-bond donors (Lipinski definition) is 1. The maximum absolute atomic E-state index is 11.8. The van der Waals surface area contributed by atoms with E-state index in [1.807, 2.05) is 13.8 Å². The Morgan fingerprint density at radius 2 is 1.90 bits per heavy atom. The Morgan fingerprint density at radius 1 is 1.30 bits per heavy atom. The molecule has 0 aliphatic heterocycles. The lowest BCUT2D eigenvalue weighted by atomic mass is 10.0. The number of ether oxygens (including phenoxy) is 1. The van der Waals surface area contributed by atoms with Crippen LogP contribution in [0.3, 0.4) is 0 Å². The second-order valence-electron chi connectivity index (χ2n) is 5.00. The molecule has 1 aromatic heterocycles. The highest BCUT2D eigenvalue weighted by molar-refractivity contribution is 5.75. The third-order valence-corrected chi connectivity index (χ3v) is 3.25. The molecule has 1 rings (SSSR count). The van der Waals surface area contributed by atoms with Crippen LogP contribution in [0.5, 0.6) is 0 Å². The van der Waals surface area contributed by atoms with Crippen LogP contribution >= 0.6 is 0 Å². The number of carbonyl (C=O) groups excluding carboxylic acids is 1. The van der Waals surface area contributed by atoms with Gasteiger partial charge in [-0.15, -0.1) is 0 Å². The quantitative estimate of drug-likeness (QED) is 0.728. The Morgan fingerprint density at radius 3 is 2.40 bits per heavy atom. The van der Waals surface area contributed by atoms with Crippen LogP contribution in [0.25, 0.3) is 0 Å². The van der Waals surface area contributed by atoms with Gasteiger partial charge in [-0.05, 0) is 5.92 Å². The van der Waals surface area contributed by atoms with Crippen LogP contribution in [-0.2, 0) is 30.2 Å². The summed E-state index contributed by atoms with van der Waals surface area (Å²) in [7, 11) is 4.34. The van der Waals surface area contributed by atoms with Gasteiger partial charge in [-0.1, -0.05) is 13.8 Å². The van der Waals surface area contributed by atoms with Gasteiger partial charge in [-0.3, -0.25) is 24.0 Å². The summed E-state index contributed by atoms with van der Waals surface area (Å²) in [6, 6.07) is 0.891. The SMILES string of the molecule is COC(=O)C(NCc1cc(=O)n(C)c(=O)n1C)C(C)C. The first-order valence-corrected chi connectivity index (χ1v) is 6.36. The fraction of sp³-hybridized carbons (Fsp3) is 0.615. The molecule has 1 atom stereocenters. The van der Waals surface area contributed by atoms with Crippen LogP contribution in [0.2, 0.25) is 0 Å². The van der Waals surface area contributed by atoms with E-state index >= 15 is 0 Å². The van der Waals surface area contributed by atoms with Crippen LogP contribution in [0.15, 0.2) is 15.7 Å². The number of hydrogen-bond acceptors (Lipinski definition) is 5. The maximum Gasteiger partial charge on any atom is 0.330 e. The molecule has 0 bridgehead atoms. The van der Waals surface area contributed by atoms with Gasteiger partial charge in [0.05, 0.1) is 7.11 Å². The third-order valence-electron chi connectivity index (χ3n) is 3.25. The molecule has 0 saturated carbocycles. The van der Waals surface area contributed by atoms with Crippen molar-refractivity contribution >= 4 is 5.97 Å². The first-order chi connectivity index (χ1) is 9.29. The Balaban J connectivity index is 2.98. The number of carbonyl (C=O) groups is 1. The Hall–Kier alpha value is -1.89. The van der Waals surface area contributed by atoms with E-state index in [4.69, 9.17) is 4.74 Å². The van der Waals surface area contributed by atoms with Gasteiger partial charge in [0.2, 0.25) is 0 Å². The second kappa shape index (κ2) is 6.51. The highest BCUT2D eigenvalue weighted by Gasteiger charge is 2.22. The molecule has 0 saturated heterocycles. The highest BCUT2D eigenvalue weighted by atomic mass is 16.5. The number of esters is 1. The fourth-order valence-electron chi connectivity index (χ4n) is 1.88. The number of rotatable bonds is 5. The van der Waals surface area contributed by atoms with Crippen molar-refractivity contribution in [3.8, 4) is 0 Å². The van der Waals surface area contributed by atoms with E-state index in [1.165, 1.54) is 24.8 Å². The third kappa shape index (κ3) is 3.36. The molecule has 112 valence electrons. The summed E-state index contributed by atoms with van der Waals surface area (Å²) >= 11 is 0. The van der Waals surface area contributed by atoms with Crippen LogP contribution in [0, 0.1) is 5.92 Å². The number of nitrogens with zero attached hydrogens (tertiary/aromatic N) is 2. The van der Waals surface area contributed by atoms with Crippen molar-refractivity contribution in [1.29, 1.82) is 0 Å². The summed E-state index contributed by atoms with van der Waals surface area (Å²) in [5.41, 5.74) is -0.245. The van der Waals surface area contributed by atoms with E-state index in [2.05, 4.69) is 5.32 Å². The van der Waals surface area contributed by atoms with Crippen molar-refractivity contribution < 1.29 is 9.53 Å². The van der Waals surface area contributed by atoms with Crippen molar-refractivity contribution in [2.45, 2.75) is 26.4 Å². The fourth-order valence-corrected chi connectivity index (χ4v) is 1.88. The van der Waals surface area contributed by atoms with Crippen molar-refractivity contribution in [2.24, 2.45) is 20.0 Å². The zero-order chi connectivity index (χ0) is 15.4. The molecule has 0 amide bonds. The minimum Gasteiger partial charge on any atom is -0.468 e. The van der Waals surface area contributed by atoms with Crippen LogP contribution in [0.4, 0.5) is 0 Å². The molecule has 1 unspecified atom stereocenters. The molecule has 0 radical (unpaired) electrons. The molecule has 1 N–H and O–H groups in total. The number of nitrogens with one attached hydrogen (secondary N) is 1. The lowest BCUT2D eigenvalue weighted by Gasteiger charge is -2.20. The maximum atomic E-state index is 11.8. The summed E-state index contributed by atoms with van der Waals surface area (Å²) in [5, 5.41) is 3.02. The molecule has 0 aliphatic rings. The van der Waals surface area contributed by atoms with E-state index in [0.29, 0.717) is 5.69 Å². The summed E-state index contributed by atoms with van der Waals surface area (Å²) < 4.78 is 7.13. The summed E-state index contributed by atoms with van der Waals surface area (Å²) in [6.45, 7) is 4.01. The molecule has 1 heterocycles. The lowest BCUT2D eigenvalue weighted by Crippen LogP contribution is -2.44. The smallest absolute Gasteiger partial charge is 0.330 e. The van der Waals surface area contributed by atoms with Crippen molar-refractivity contribution in [1.82, 2.24) is 14.5 Å². The van der Waals surface area contributed by atoms with E-state index in [1.54, 1.807) is 7.05 Å². The lowest BCUT2D eigenvalue weighted by molar-refractivity contribution is -0.144. The van der Waals surface area contributed by atoms with Crippen LogP contribution in [0.1, 0.15) is 19.5 Å². The Kier molecular flexibility index (Phi) is 5.26. The summed E-state index contributed by atoms with van der Waals surface area (Å²) in [6.07, 6.45) is 0. The van der Waals surface area contributed by atoms with Gasteiger partial charge in [0.15, 0.2) is 0 Å². The minimum atomic E-state index is -0.487. The largest absolute Gasteiger partial charge is 0.468 e. The van der Waals surface area contributed by atoms with Gasteiger partial charge in [-0.2, -0.15) is 0 Å². The average Bonchev–Trinajstić information content (AvgIpc) is 2.41. The molecule has 0 aromatic carbocycles. The predicted octanol–water partition coefficient (Wildman–Crippen LogP) is -0.629. The Bertz CT molecular complexity index is 601. The minimum absolute atomic E-state index is 0.0334.